The number of hydrogen-bond acceptors (Lipinski definition) is 4. The molecule has 4 fully saturated rings. The summed E-state index contributed by atoms with van der Waals surface area (Å²) in [5.41, 5.74) is 1.84. The van der Waals surface area contributed by atoms with Gasteiger partial charge in [0, 0.05) is 12.0 Å². The van der Waals surface area contributed by atoms with Crippen LogP contribution in [-0.4, -0.2) is 34.3 Å². The van der Waals surface area contributed by atoms with E-state index >= 15 is 0 Å². The number of para-hydroxylation sites is 2. The van der Waals surface area contributed by atoms with Gasteiger partial charge in [-0.15, -0.1) is 0 Å². The molecule has 4 heterocycles. The highest BCUT2D eigenvalue weighted by Gasteiger charge is 2.60. The number of fused-ring (bicyclic) bond motifs is 3. The quantitative estimate of drug-likeness (QED) is 0.816. The number of aromatic nitrogens is 1. The minimum Gasteiger partial charge on any atom is -0.434 e. The van der Waals surface area contributed by atoms with E-state index in [2.05, 4.69) is 9.88 Å². The van der Waals surface area contributed by atoms with E-state index in [1.54, 1.807) is 0 Å². The summed E-state index contributed by atoms with van der Waals surface area (Å²) in [7, 11) is 0. The van der Waals surface area contributed by atoms with Crippen LogP contribution in [0.4, 0.5) is 0 Å². The molecule has 22 heavy (non-hydrogen) atoms. The van der Waals surface area contributed by atoms with E-state index in [0.29, 0.717) is 29.4 Å². The summed E-state index contributed by atoms with van der Waals surface area (Å²) in [4.78, 5) is 19.7. The number of ketones is 1. The van der Waals surface area contributed by atoms with E-state index in [1.807, 2.05) is 24.3 Å². The summed E-state index contributed by atoms with van der Waals surface area (Å²) in [5.74, 6) is 1.62. The molecule has 0 N–H and O–H groups in total. The smallest absolute Gasteiger partial charge is 0.264 e. The summed E-state index contributed by atoms with van der Waals surface area (Å²) in [5, 5.41) is 0. The lowest BCUT2D eigenvalue weighted by atomic mass is 9.70. The zero-order valence-electron chi connectivity index (χ0n) is 12.6. The fourth-order valence-corrected chi connectivity index (χ4v) is 4.87. The molecule has 3 aliphatic heterocycles. The zero-order valence-corrected chi connectivity index (χ0v) is 12.6. The average molecular weight is 296 g/mol. The second kappa shape index (κ2) is 4.42. The second-order valence-electron chi connectivity index (χ2n) is 7.15. The Morgan fingerprint density at radius 1 is 1.27 bits per heavy atom. The molecule has 0 radical (unpaired) electrons. The van der Waals surface area contributed by atoms with Crippen molar-refractivity contribution in [2.45, 2.75) is 37.6 Å². The predicted molar refractivity (Wildman–Crippen MR) is 82.7 cm³/mol. The van der Waals surface area contributed by atoms with E-state index in [-0.39, 0.29) is 5.78 Å². The molecule has 2 aromatic rings. The van der Waals surface area contributed by atoms with Gasteiger partial charge in [-0.25, -0.2) is 4.98 Å². The van der Waals surface area contributed by atoms with Crippen LogP contribution in [0.25, 0.3) is 11.1 Å². The van der Waals surface area contributed by atoms with Crippen LogP contribution in [-0.2, 0) is 0 Å². The second-order valence-corrected chi connectivity index (χ2v) is 7.15. The summed E-state index contributed by atoms with van der Waals surface area (Å²) in [6.07, 6.45) is 5.67. The molecule has 2 bridgehead atoms. The maximum Gasteiger partial charge on any atom is 0.264 e. The molecule has 4 nitrogen and oxygen atoms in total. The van der Waals surface area contributed by atoms with Gasteiger partial charge in [-0.3, -0.25) is 9.69 Å². The number of oxazole rings is 1. The number of hydrogen-bond donors (Lipinski definition) is 0. The molecule has 6 rings (SSSR count). The Labute approximate surface area is 129 Å². The van der Waals surface area contributed by atoms with Gasteiger partial charge in [0.15, 0.2) is 5.58 Å². The van der Waals surface area contributed by atoms with E-state index in [0.717, 1.165) is 11.4 Å². The van der Waals surface area contributed by atoms with Gasteiger partial charge in [-0.1, -0.05) is 12.1 Å². The van der Waals surface area contributed by atoms with Crippen molar-refractivity contribution in [3.8, 4) is 0 Å². The summed E-state index contributed by atoms with van der Waals surface area (Å²) < 4.78 is 5.67. The summed E-state index contributed by atoms with van der Waals surface area (Å²) >= 11 is 0. The first kappa shape index (κ1) is 12.8. The van der Waals surface area contributed by atoms with Crippen LogP contribution in [0.2, 0.25) is 0 Å². The first-order chi connectivity index (χ1) is 10.8. The number of carbonyl (C=O) groups is 1. The lowest BCUT2D eigenvalue weighted by molar-refractivity contribution is -0.0277. The maximum absolute atomic E-state index is 12.7. The van der Waals surface area contributed by atoms with Crippen molar-refractivity contribution in [3.05, 3.63) is 30.2 Å². The van der Waals surface area contributed by atoms with Crippen molar-refractivity contribution >= 4 is 16.9 Å². The van der Waals surface area contributed by atoms with Crippen molar-refractivity contribution in [2.24, 2.45) is 11.8 Å². The molecule has 1 saturated carbocycles. The first-order valence-electron chi connectivity index (χ1n) is 8.40. The Bertz CT molecular complexity index is 705. The molecule has 114 valence electrons. The first-order valence-corrected chi connectivity index (χ1v) is 8.40. The lowest BCUT2D eigenvalue weighted by Crippen LogP contribution is -2.57. The molecule has 1 aromatic carbocycles. The van der Waals surface area contributed by atoms with Crippen LogP contribution in [0, 0.1) is 11.8 Å². The van der Waals surface area contributed by atoms with Crippen LogP contribution in [0.15, 0.2) is 28.7 Å². The van der Waals surface area contributed by atoms with Gasteiger partial charge >= 0.3 is 0 Å². The standard InChI is InChI=1S/C18H20N2O2/c21-15(17-19-14-3-1-2-4-16(14)22-17)11-13-12-5-9-20(10-6-12)18(13)7-8-18/h1-4,12-13H,5-11H2/t13-/m1/s1. The summed E-state index contributed by atoms with van der Waals surface area (Å²) in [6, 6.07) is 7.60. The number of Topliss-reactive ketones (excluding diaryl/α,β-unsaturated/α-hetero) is 1. The van der Waals surface area contributed by atoms with Gasteiger partial charge in [0.1, 0.15) is 5.52 Å². The fourth-order valence-electron chi connectivity index (χ4n) is 4.87. The molecule has 1 aromatic heterocycles. The maximum atomic E-state index is 12.7. The van der Waals surface area contributed by atoms with Crippen LogP contribution < -0.4 is 0 Å². The van der Waals surface area contributed by atoms with E-state index in [4.69, 9.17) is 4.42 Å². The van der Waals surface area contributed by atoms with Crippen LogP contribution in [0.5, 0.6) is 0 Å². The number of carbonyl (C=O) groups excluding carboxylic acids is 1. The van der Waals surface area contributed by atoms with Crippen molar-refractivity contribution in [1.29, 1.82) is 0 Å². The van der Waals surface area contributed by atoms with Crippen molar-refractivity contribution in [2.75, 3.05) is 13.1 Å². The Morgan fingerprint density at radius 3 is 2.77 bits per heavy atom. The molecule has 4 heteroatoms. The Kier molecular flexibility index (Phi) is 2.57. The van der Waals surface area contributed by atoms with Gasteiger partial charge in [0.2, 0.25) is 5.78 Å². The van der Waals surface area contributed by atoms with Gasteiger partial charge in [0.25, 0.3) is 5.89 Å². The number of piperidine rings is 3. The number of benzene rings is 1. The zero-order chi connectivity index (χ0) is 14.7. The average Bonchev–Trinajstić information content (AvgIpc) is 3.20. The topological polar surface area (TPSA) is 46.3 Å². The third-order valence-corrected chi connectivity index (χ3v) is 6.13. The molecule has 0 unspecified atom stereocenters. The third-order valence-electron chi connectivity index (χ3n) is 6.13. The number of nitrogens with zero attached hydrogens (tertiary/aromatic N) is 2. The molecule has 1 atom stereocenters. The molecule has 0 amide bonds. The largest absolute Gasteiger partial charge is 0.434 e. The minimum atomic E-state index is 0.0845. The van der Waals surface area contributed by atoms with Gasteiger partial charge < -0.3 is 4.42 Å². The monoisotopic (exact) mass is 296 g/mol. The highest BCUT2D eigenvalue weighted by atomic mass is 16.4. The van der Waals surface area contributed by atoms with Crippen LogP contribution in [0.3, 0.4) is 0 Å². The van der Waals surface area contributed by atoms with Crippen molar-refractivity contribution < 1.29 is 9.21 Å². The lowest BCUT2D eigenvalue weighted by Gasteiger charge is -2.52. The molecule has 1 aliphatic carbocycles. The van der Waals surface area contributed by atoms with Gasteiger partial charge in [-0.05, 0) is 62.7 Å². The van der Waals surface area contributed by atoms with Crippen LogP contribution in [0.1, 0.15) is 42.8 Å². The predicted octanol–water partition coefficient (Wildman–Crippen LogP) is 3.28. The fraction of sp³-hybridized carbons (Fsp3) is 0.556. The highest BCUT2D eigenvalue weighted by molar-refractivity contribution is 5.94. The van der Waals surface area contributed by atoms with Crippen molar-refractivity contribution in [3.63, 3.8) is 0 Å². The van der Waals surface area contributed by atoms with E-state index < -0.39 is 0 Å². The Hall–Kier alpha value is -1.68. The van der Waals surface area contributed by atoms with E-state index in [9.17, 15) is 4.79 Å². The minimum absolute atomic E-state index is 0.0845. The summed E-state index contributed by atoms with van der Waals surface area (Å²) in [6.45, 7) is 2.47. The molecule has 4 aliphatic rings. The Balaban J connectivity index is 1.42. The third kappa shape index (κ3) is 1.73. The van der Waals surface area contributed by atoms with Gasteiger partial charge in [0.05, 0.1) is 0 Å². The van der Waals surface area contributed by atoms with Gasteiger partial charge in [-0.2, -0.15) is 0 Å². The van der Waals surface area contributed by atoms with Crippen molar-refractivity contribution in [1.82, 2.24) is 9.88 Å². The van der Waals surface area contributed by atoms with E-state index in [1.165, 1.54) is 38.8 Å². The molecule has 3 saturated heterocycles. The molecular formula is C18H20N2O2. The number of rotatable bonds is 3. The highest BCUT2D eigenvalue weighted by Crippen LogP contribution is 2.58. The SMILES string of the molecule is O=C(C[C@@H]1C2CCN(CC2)C12CC2)c1nc2ccccc2o1. The normalized spacial score (nSPS) is 31.7. The Morgan fingerprint density at radius 2 is 2.05 bits per heavy atom. The van der Waals surface area contributed by atoms with Crippen LogP contribution >= 0.6 is 0 Å². The molecule has 1 spiro atoms. The molecular weight excluding hydrogens is 276 g/mol.